The molecular formula is C11H12F2N2O. The van der Waals surface area contributed by atoms with Gasteiger partial charge in [-0.2, -0.15) is 0 Å². The van der Waals surface area contributed by atoms with E-state index in [0.29, 0.717) is 0 Å². The molecule has 0 aromatic heterocycles. The van der Waals surface area contributed by atoms with E-state index in [9.17, 15) is 13.6 Å². The summed E-state index contributed by atoms with van der Waals surface area (Å²) in [4.78, 5) is 11.2. The van der Waals surface area contributed by atoms with E-state index in [2.05, 4.69) is 5.32 Å². The van der Waals surface area contributed by atoms with Crippen LogP contribution in [-0.4, -0.2) is 11.9 Å². The zero-order valence-corrected chi connectivity index (χ0v) is 8.54. The number of amides is 1. The van der Waals surface area contributed by atoms with Gasteiger partial charge in [0.05, 0.1) is 0 Å². The third-order valence-electron chi connectivity index (χ3n) is 2.53. The van der Waals surface area contributed by atoms with Crippen LogP contribution in [0.2, 0.25) is 0 Å². The average molecular weight is 226 g/mol. The van der Waals surface area contributed by atoms with Gasteiger partial charge in [0.1, 0.15) is 17.7 Å². The molecule has 1 saturated carbocycles. The Morgan fingerprint density at radius 2 is 2.12 bits per heavy atom. The summed E-state index contributed by atoms with van der Waals surface area (Å²) in [5, 5.41) is 2.89. The highest BCUT2D eigenvalue weighted by molar-refractivity contribution is 5.81. The summed E-state index contributed by atoms with van der Waals surface area (Å²) in [5.41, 5.74) is 5.14. The van der Waals surface area contributed by atoms with Gasteiger partial charge in [-0.25, -0.2) is 8.78 Å². The van der Waals surface area contributed by atoms with Gasteiger partial charge in [-0.1, -0.05) is 0 Å². The van der Waals surface area contributed by atoms with Gasteiger partial charge in [0.15, 0.2) is 0 Å². The number of hydrogen-bond donors (Lipinski definition) is 2. The van der Waals surface area contributed by atoms with Gasteiger partial charge in [-0.15, -0.1) is 0 Å². The highest BCUT2D eigenvalue weighted by atomic mass is 19.1. The lowest BCUT2D eigenvalue weighted by Gasteiger charge is -2.16. The van der Waals surface area contributed by atoms with Crippen LogP contribution in [0.1, 0.15) is 24.4 Å². The summed E-state index contributed by atoms with van der Waals surface area (Å²) in [7, 11) is 0. The Morgan fingerprint density at radius 3 is 2.69 bits per heavy atom. The van der Waals surface area contributed by atoms with Gasteiger partial charge in [0.25, 0.3) is 0 Å². The fourth-order valence-corrected chi connectivity index (χ4v) is 1.55. The van der Waals surface area contributed by atoms with Crippen LogP contribution in [0.15, 0.2) is 18.2 Å². The van der Waals surface area contributed by atoms with Crippen LogP contribution in [0.4, 0.5) is 8.78 Å². The first-order valence-electron chi connectivity index (χ1n) is 5.08. The van der Waals surface area contributed by atoms with Crippen molar-refractivity contribution in [3.8, 4) is 0 Å². The summed E-state index contributed by atoms with van der Waals surface area (Å²) < 4.78 is 26.4. The molecule has 0 saturated heterocycles. The van der Waals surface area contributed by atoms with Crippen LogP contribution in [0.3, 0.4) is 0 Å². The molecule has 0 heterocycles. The molecule has 86 valence electrons. The highest BCUT2D eigenvalue weighted by Gasteiger charge is 2.29. The van der Waals surface area contributed by atoms with E-state index in [1.54, 1.807) is 0 Å². The quantitative estimate of drug-likeness (QED) is 0.811. The lowest BCUT2D eigenvalue weighted by atomic mass is 10.1. The van der Waals surface area contributed by atoms with E-state index < -0.39 is 23.6 Å². The molecule has 16 heavy (non-hydrogen) atoms. The molecule has 0 bridgehead atoms. The number of nitrogens with one attached hydrogen (secondary N) is 1. The van der Waals surface area contributed by atoms with Gasteiger partial charge >= 0.3 is 0 Å². The van der Waals surface area contributed by atoms with Crippen molar-refractivity contribution in [1.82, 2.24) is 5.32 Å². The molecule has 1 aromatic rings. The maximum absolute atomic E-state index is 13.4. The Bertz CT molecular complexity index is 418. The molecule has 1 fully saturated rings. The molecular weight excluding hydrogens is 214 g/mol. The number of primary amides is 1. The van der Waals surface area contributed by atoms with Crippen molar-refractivity contribution in [2.45, 2.75) is 24.9 Å². The monoisotopic (exact) mass is 226 g/mol. The van der Waals surface area contributed by atoms with Crippen LogP contribution >= 0.6 is 0 Å². The molecule has 1 atom stereocenters. The van der Waals surface area contributed by atoms with E-state index in [-0.39, 0.29) is 11.6 Å². The lowest BCUT2D eigenvalue weighted by Crippen LogP contribution is -2.35. The minimum Gasteiger partial charge on any atom is -0.368 e. The predicted molar refractivity (Wildman–Crippen MR) is 54.5 cm³/mol. The van der Waals surface area contributed by atoms with Crippen molar-refractivity contribution in [1.29, 1.82) is 0 Å². The highest BCUT2D eigenvalue weighted by Crippen LogP contribution is 2.25. The number of carbonyl (C=O) groups is 1. The van der Waals surface area contributed by atoms with Crippen LogP contribution in [0, 0.1) is 11.6 Å². The average Bonchev–Trinajstić information content (AvgIpc) is 3.02. The molecule has 1 unspecified atom stereocenters. The molecule has 0 spiro atoms. The van der Waals surface area contributed by atoms with Gasteiger partial charge in [0.2, 0.25) is 5.91 Å². The predicted octanol–water partition coefficient (Wildman–Crippen LogP) is 1.24. The summed E-state index contributed by atoms with van der Waals surface area (Å²) in [6.45, 7) is 0. The number of rotatable bonds is 4. The summed E-state index contributed by atoms with van der Waals surface area (Å²) in [6, 6.07) is 2.23. The summed E-state index contributed by atoms with van der Waals surface area (Å²) in [5.74, 6) is -1.91. The maximum Gasteiger partial charge on any atom is 0.239 e. The smallest absolute Gasteiger partial charge is 0.239 e. The number of carbonyl (C=O) groups excluding carboxylic acids is 1. The molecule has 5 heteroatoms. The first-order valence-corrected chi connectivity index (χ1v) is 5.08. The van der Waals surface area contributed by atoms with E-state index in [1.165, 1.54) is 0 Å². The largest absolute Gasteiger partial charge is 0.368 e. The maximum atomic E-state index is 13.4. The third-order valence-corrected chi connectivity index (χ3v) is 2.53. The van der Waals surface area contributed by atoms with Gasteiger partial charge < -0.3 is 5.73 Å². The van der Waals surface area contributed by atoms with E-state index in [4.69, 9.17) is 5.73 Å². The van der Waals surface area contributed by atoms with Crippen LogP contribution in [0.25, 0.3) is 0 Å². The number of hydrogen-bond acceptors (Lipinski definition) is 2. The molecule has 2 rings (SSSR count). The first-order chi connectivity index (χ1) is 7.58. The summed E-state index contributed by atoms with van der Waals surface area (Å²) >= 11 is 0. The zero-order chi connectivity index (χ0) is 11.7. The molecule has 0 radical (unpaired) electrons. The van der Waals surface area contributed by atoms with E-state index in [0.717, 1.165) is 31.0 Å². The van der Waals surface area contributed by atoms with E-state index in [1.807, 2.05) is 0 Å². The van der Waals surface area contributed by atoms with Gasteiger partial charge in [0, 0.05) is 11.6 Å². The molecule has 3 nitrogen and oxygen atoms in total. The van der Waals surface area contributed by atoms with Crippen molar-refractivity contribution in [3.63, 3.8) is 0 Å². The second kappa shape index (κ2) is 4.17. The first kappa shape index (κ1) is 11.0. The number of halogens is 2. The van der Waals surface area contributed by atoms with Crippen LogP contribution < -0.4 is 11.1 Å². The van der Waals surface area contributed by atoms with E-state index >= 15 is 0 Å². The lowest BCUT2D eigenvalue weighted by molar-refractivity contribution is -0.120. The Balaban J connectivity index is 2.29. The summed E-state index contributed by atoms with van der Waals surface area (Å²) in [6.07, 6.45) is 1.86. The Morgan fingerprint density at radius 1 is 1.44 bits per heavy atom. The Kier molecular flexibility index (Phi) is 2.87. The minimum atomic E-state index is -0.955. The molecule has 1 aromatic carbocycles. The normalized spacial score (nSPS) is 17.1. The Labute approximate surface area is 91.6 Å². The van der Waals surface area contributed by atoms with Crippen molar-refractivity contribution in [2.75, 3.05) is 0 Å². The van der Waals surface area contributed by atoms with Crippen molar-refractivity contribution >= 4 is 5.91 Å². The fraction of sp³-hybridized carbons (Fsp3) is 0.364. The molecule has 1 amide bonds. The second-order valence-corrected chi connectivity index (χ2v) is 3.94. The van der Waals surface area contributed by atoms with Gasteiger partial charge in [-0.05, 0) is 31.0 Å². The number of nitrogens with two attached hydrogens (primary N) is 1. The third kappa shape index (κ3) is 2.36. The SMILES string of the molecule is NC(=O)C(NC1CC1)c1cc(F)ccc1F. The molecule has 1 aliphatic carbocycles. The Hall–Kier alpha value is -1.49. The topological polar surface area (TPSA) is 55.1 Å². The number of benzene rings is 1. The van der Waals surface area contributed by atoms with Crippen molar-refractivity contribution < 1.29 is 13.6 Å². The van der Waals surface area contributed by atoms with Crippen LogP contribution in [-0.2, 0) is 4.79 Å². The second-order valence-electron chi connectivity index (χ2n) is 3.94. The minimum absolute atomic E-state index is 0.0283. The zero-order valence-electron chi connectivity index (χ0n) is 8.54. The fourth-order valence-electron chi connectivity index (χ4n) is 1.55. The van der Waals surface area contributed by atoms with Gasteiger partial charge in [-0.3, -0.25) is 10.1 Å². The standard InChI is InChI=1S/C11H12F2N2O/c12-6-1-4-9(13)8(5-6)10(11(14)16)15-7-2-3-7/h1,4-5,7,10,15H,2-3H2,(H2,14,16). The molecule has 3 N–H and O–H groups in total. The molecule has 0 aliphatic heterocycles. The molecule has 1 aliphatic rings. The van der Waals surface area contributed by atoms with Crippen molar-refractivity contribution in [3.05, 3.63) is 35.4 Å². The van der Waals surface area contributed by atoms with Crippen LogP contribution in [0.5, 0.6) is 0 Å². The van der Waals surface area contributed by atoms with Crippen molar-refractivity contribution in [2.24, 2.45) is 5.73 Å².